The zero-order valence-electron chi connectivity index (χ0n) is 9.73. The van der Waals surface area contributed by atoms with Crippen molar-refractivity contribution in [3.05, 3.63) is 17.6 Å². The normalized spacial score (nSPS) is 11.5. The van der Waals surface area contributed by atoms with E-state index in [-0.39, 0.29) is 23.0 Å². The van der Waals surface area contributed by atoms with Crippen molar-refractivity contribution in [1.82, 2.24) is 0 Å². The summed E-state index contributed by atoms with van der Waals surface area (Å²) in [5.74, 6) is -0.756. The molecule has 0 atom stereocenters. The number of aryl methyl sites for hydroxylation is 1. The topological polar surface area (TPSA) is 99.6 Å². The molecular formula is C10H15NO5S. The maximum absolute atomic E-state index is 11.5. The second-order valence-electron chi connectivity index (χ2n) is 3.57. The molecule has 6 nitrogen and oxygen atoms in total. The van der Waals surface area contributed by atoms with E-state index in [0.717, 1.165) is 18.9 Å². The van der Waals surface area contributed by atoms with Gasteiger partial charge in [-0.1, -0.05) is 13.3 Å². The van der Waals surface area contributed by atoms with Gasteiger partial charge in [0.25, 0.3) is 0 Å². The molecule has 1 rings (SSSR count). The maximum atomic E-state index is 11.5. The van der Waals surface area contributed by atoms with Crippen molar-refractivity contribution in [3.8, 4) is 0 Å². The monoisotopic (exact) mass is 261 g/mol. The number of ether oxygens (including phenoxy) is 1. The quantitative estimate of drug-likeness (QED) is 0.634. The number of primary sulfonamides is 1. The zero-order valence-corrected chi connectivity index (χ0v) is 10.5. The summed E-state index contributed by atoms with van der Waals surface area (Å²) in [5.41, 5.74) is 0. The molecule has 0 spiro atoms. The zero-order chi connectivity index (χ0) is 13.1. The van der Waals surface area contributed by atoms with Crippen LogP contribution in [-0.4, -0.2) is 21.0 Å². The highest BCUT2D eigenvalue weighted by Gasteiger charge is 2.21. The number of carbonyl (C=O) groups is 1. The van der Waals surface area contributed by atoms with Crippen LogP contribution in [0.5, 0.6) is 0 Å². The first kappa shape index (κ1) is 13.7. The molecule has 0 unspecified atom stereocenters. The van der Waals surface area contributed by atoms with Crippen LogP contribution in [-0.2, 0) is 14.8 Å². The molecule has 0 aromatic carbocycles. The fourth-order valence-corrected chi connectivity index (χ4v) is 1.94. The first-order valence-corrected chi connectivity index (χ1v) is 6.71. The molecule has 1 aromatic heterocycles. The third-order valence-electron chi connectivity index (χ3n) is 2.11. The van der Waals surface area contributed by atoms with Gasteiger partial charge >= 0.3 is 5.97 Å². The summed E-state index contributed by atoms with van der Waals surface area (Å²) in [6.45, 7) is 3.66. The number of hydrogen-bond acceptors (Lipinski definition) is 5. The second-order valence-corrected chi connectivity index (χ2v) is 5.10. The average molecular weight is 261 g/mol. The molecule has 0 aliphatic heterocycles. The minimum Gasteiger partial charge on any atom is -0.460 e. The van der Waals surface area contributed by atoms with Crippen LogP contribution in [0.15, 0.2) is 15.4 Å². The molecule has 7 heteroatoms. The summed E-state index contributed by atoms with van der Waals surface area (Å²) >= 11 is 0. The van der Waals surface area contributed by atoms with Gasteiger partial charge in [0.15, 0.2) is 0 Å². The highest BCUT2D eigenvalue weighted by Crippen LogP contribution is 2.19. The number of sulfonamides is 1. The maximum Gasteiger partial charge on any atom is 0.374 e. The predicted molar refractivity (Wildman–Crippen MR) is 60.0 cm³/mol. The van der Waals surface area contributed by atoms with Crippen molar-refractivity contribution in [3.63, 3.8) is 0 Å². The van der Waals surface area contributed by atoms with Gasteiger partial charge in [-0.15, -0.1) is 0 Å². The molecule has 0 aliphatic rings. The Hall–Kier alpha value is -1.34. The van der Waals surface area contributed by atoms with Crippen molar-refractivity contribution in [2.75, 3.05) is 6.61 Å². The Morgan fingerprint density at radius 2 is 2.18 bits per heavy atom. The molecular weight excluding hydrogens is 246 g/mol. The van der Waals surface area contributed by atoms with Crippen LogP contribution in [0.2, 0.25) is 0 Å². The summed E-state index contributed by atoms with van der Waals surface area (Å²) in [5, 5.41) is 4.95. The predicted octanol–water partition coefficient (Wildman–Crippen LogP) is 1.19. The van der Waals surface area contributed by atoms with E-state index in [1.807, 2.05) is 6.92 Å². The highest BCUT2D eigenvalue weighted by atomic mass is 32.2. The van der Waals surface area contributed by atoms with Crippen molar-refractivity contribution in [2.45, 2.75) is 31.6 Å². The van der Waals surface area contributed by atoms with E-state index in [1.54, 1.807) is 0 Å². The van der Waals surface area contributed by atoms with Crippen LogP contribution in [0.3, 0.4) is 0 Å². The largest absolute Gasteiger partial charge is 0.460 e. The van der Waals surface area contributed by atoms with Gasteiger partial charge in [0.2, 0.25) is 15.8 Å². The Labute approximate surface area is 99.8 Å². The van der Waals surface area contributed by atoms with Gasteiger partial charge in [0.1, 0.15) is 10.7 Å². The molecule has 1 heterocycles. The van der Waals surface area contributed by atoms with Crippen LogP contribution in [0, 0.1) is 6.92 Å². The Morgan fingerprint density at radius 3 is 2.65 bits per heavy atom. The van der Waals surface area contributed by atoms with Gasteiger partial charge in [0.05, 0.1) is 6.61 Å². The van der Waals surface area contributed by atoms with Crippen molar-refractivity contribution in [2.24, 2.45) is 5.14 Å². The van der Waals surface area contributed by atoms with Crippen molar-refractivity contribution >= 4 is 16.0 Å². The number of unbranched alkanes of at least 4 members (excludes halogenated alkanes) is 1. The smallest absolute Gasteiger partial charge is 0.374 e. The van der Waals surface area contributed by atoms with Gasteiger partial charge in [-0.3, -0.25) is 0 Å². The lowest BCUT2D eigenvalue weighted by Crippen LogP contribution is -2.12. The summed E-state index contributed by atoms with van der Waals surface area (Å²) in [6.07, 6.45) is 1.64. The molecule has 0 bridgehead atoms. The summed E-state index contributed by atoms with van der Waals surface area (Å²) < 4.78 is 32.1. The fraction of sp³-hybridized carbons (Fsp3) is 0.500. The van der Waals surface area contributed by atoms with Crippen LogP contribution in [0.1, 0.15) is 36.1 Å². The van der Waals surface area contributed by atoms with Crippen molar-refractivity contribution in [1.29, 1.82) is 0 Å². The van der Waals surface area contributed by atoms with E-state index in [2.05, 4.69) is 0 Å². The van der Waals surface area contributed by atoms with Gasteiger partial charge in [-0.25, -0.2) is 18.4 Å². The van der Waals surface area contributed by atoms with Gasteiger partial charge < -0.3 is 9.15 Å². The molecule has 2 N–H and O–H groups in total. The van der Waals surface area contributed by atoms with E-state index < -0.39 is 16.0 Å². The lowest BCUT2D eigenvalue weighted by Gasteiger charge is -1.99. The van der Waals surface area contributed by atoms with E-state index in [4.69, 9.17) is 14.3 Å². The molecule has 0 fully saturated rings. The SMILES string of the molecule is CCCCOC(=O)c1cc(S(N)(=O)=O)c(C)o1. The third-order valence-corrected chi connectivity index (χ3v) is 3.13. The minimum atomic E-state index is -3.87. The van der Waals surface area contributed by atoms with Crippen LogP contribution in [0.25, 0.3) is 0 Å². The molecule has 96 valence electrons. The third kappa shape index (κ3) is 3.57. The number of nitrogens with two attached hydrogens (primary N) is 1. The van der Waals surface area contributed by atoms with E-state index in [1.165, 1.54) is 6.92 Å². The van der Waals surface area contributed by atoms with E-state index in [9.17, 15) is 13.2 Å². The molecule has 17 heavy (non-hydrogen) atoms. The van der Waals surface area contributed by atoms with Crippen LogP contribution >= 0.6 is 0 Å². The molecule has 0 saturated carbocycles. The van der Waals surface area contributed by atoms with E-state index in [0.29, 0.717) is 0 Å². The first-order valence-electron chi connectivity index (χ1n) is 5.16. The van der Waals surface area contributed by atoms with Gasteiger partial charge in [-0.05, 0) is 13.3 Å². The Kier molecular flexibility index (Phi) is 4.30. The molecule has 0 amide bonds. The molecule has 0 aliphatic carbocycles. The standard InChI is InChI=1S/C10H15NO5S/c1-3-4-5-15-10(12)8-6-9(7(2)16-8)17(11,13)14/h6H,3-5H2,1-2H3,(H2,11,13,14). The number of carbonyl (C=O) groups excluding carboxylic acids is 1. The summed E-state index contributed by atoms with van der Waals surface area (Å²) in [6, 6.07) is 1.08. The van der Waals surface area contributed by atoms with Crippen LogP contribution in [0.4, 0.5) is 0 Å². The number of furan rings is 1. The Balaban J connectivity index is 2.83. The van der Waals surface area contributed by atoms with Gasteiger partial charge in [-0.2, -0.15) is 0 Å². The number of esters is 1. The lowest BCUT2D eigenvalue weighted by molar-refractivity contribution is 0.0462. The first-order chi connectivity index (χ1) is 7.86. The molecule has 0 radical (unpaired) electrons. The van der Waals surface area contributed by atoms with Crippen molar-refractivity contribution < 1.29 is 22.4 Å². The van der Waals surface area contributed by atoms with Crippen LogP contribution < -0.4 is 5.14 Å². The van der Waals surface area contributed by atoms with E-state index >= 15 is 0 Å². The lowest BCUT2D eigenvalue weighted by atomic mass is 10.4. The number of rotatable bonds is 5. The Bertz CT molecular complexity index is 503. The second kappa shape index (κ2) is 5.33. The summed E-state index contributed by atoms with van der Waals surface area (Å²) in [4.78, 5) is 11.3. The van der Waals surface area contributed by atoms with Gasteiger partial charge in [0, 0.05) is 6.07 Å². The summed E-state index contributed by atoms with van der Waals surface area (Å²) in [7, 11) is -3.87. The fourth-order valence-electron chi connectivity index (χ4n) is 1.23. The molecule has 1 aromatic rings. The Morgan fingerprint density at radius 1 is 1.53 bits per heavy atom. The number of hydrogen-bond donors (Lipinski definition) is 1. The average Bonchev–Trinajstić information content (AvgIpc) is 2.60. The highest BCUT2D eigenvalue weighted by molar-refractivity contribution is 7.89. The molecule has 0 saturated heterocycles. The minimum absolute atomic E-state index is 0.0786.